The van der Waals surface area contributed by atoms with Crippen molar-refractivity contribution in [2.75, 3.05) is 13.3 Å². The van der Waals surface area contributed by atoms with Crippen molar-refractivity contribution in [1.29, 1.82) is 0 Å². The molecule has 1 aliphatic rings. The van der Waals surface area contributed by atoms with E-state index in [1.54, 1.807) is 18.2 Å². The van der Waals surface area contributed by atoms with E-state index in [1.807, 2.05) is 0 Å². The normalized spacial score (nSPS) is 17.2. The second kappa shape index (κ2) is 6.93. The van der Waals surface area contributed by atoms with Crippen molar-refractivity contribution in [3.8, 4) is 0 Å². The number of hydrogen-bond acceptors (Lipinski definition) is 4. The minimum absolute atomic E-state index is 0.111. The third kappa shape index (κ3) is 3.61. The summed E-state index contributed by atoms with van der Waals surface area (Å²) in [6.07, 6.45) is 4.33. The Morgan fingerprint density at radius 2 is 1.75 bits per heavy atom. The van der Waals surface area contributed by atoms with Gasteiger partial charge >= 0.3 is 5.97 Å². The molecule has 0 unspecified atom stereocenters. The zero-order valence-electron chi connectivity index (χ0n) is 14.0. The minimum atomic E-state index is -3.45. The molecule has 1 fully saturated rings. The Bertz CT molecular complexity index is 735. The maximum atomic E-state index is 12.7. The van der Waals surface area contributed by atoms with E-state index in [-0.39, 0.29) is 17.2 Å². The lowest BCUT2D eigenvalue weighted by Crippen LogP contribution is -2.56. The first-order chi connectivity index (χ1) is 11.2. The number of benzene rings is 1. The number of carbonyl (C=O) groups is 2. The Morgan fingerprint density at radius 1 is 1.17 bits per heavy atom. The molecule has 0 heterocycles. The Balaban J connectivity index is 2.28. The predicted octanol–water partition coefficient (Wildman–Crippen LogP) is 1.88. The lowest BCUT2D eigenvalue weighted by atomic mass is 9.80. The van der Waals surface area contributed by atoms with Gasteiger partial charge in [0.2, 0.25) is 5.91 Å². The maximum absolute atomic E-state index is 12.7. The summed E-state index contributed by atoms with van der Waals surface area (Å²) in [5, 5.41) is 9.67. The van der Waals surface area contributed by atoms with E-state index in [2.05, 4.69) is 0 Å². The van der Waals surface area contributed by atoms with Crippen LogP contribution in [-0.2, 0) is 25.8 Å². The van der Waals surface area contributed by atoms with Gasteiger partial charge in [-0.3, -0.25) is 4.79 Å². The lowest BCUT2D eigenvalue weighted by Gasteiger charge is -2.41. The summed E-state index contributed by atoms with van der Waals surface area (Å²) in [5.41, 5.74) is -0.789. The van der Waals surface area contributed by atoms with Gasteiger partial charge in [-0.05, 0) is 24.5 Å². The fourth-order valence-electron chi connectivity index (χ4n) is 3.36. The monoisotopic (exact) mass is 353 g/mol. The molecule has 1 aliphatic carbocycles. The van der Waals surface area contributed by atoms with Crippen molar-refractivity contribution in [3.63, 3.8) is 0 Å². The molecule has 0 radical (unpaired) electrons. The van der Waals surface area contributed by atoms with Crippen LogP contribution in [0.3, 0.4) is 0 Å². The molecule has 6 nitrogen and oxygen atoms in total. The van der Waals surface area contributed by atoms with Gasteiger partial charge in [0, 0.05) is 13.3 Å². The standard InChI is InChI=1S/C17H23NO5S/c1-18(17(16(20)21)10-6-3-7-11-17)15(19)12-13-8-4-5-9-14(13)24(2,22)23/h4-5,8-9H,3,6-7,10-12H2,1-2H3,(H,20,21). The van der Waals surface area contributed by atoms with Gasteiger partial charge in [0.1, 0.15) is 5.54 Å². The summed E-state index contributed by atoms with van der Waals surface area (Å²) in [4.78, 5) is 25.9. The molecule has 0 saturated heterocycles. The van der Waals surface area contributed by atoms with Crippen molar-refractivity contribution in [2.45, 2.75) is 49.0 Å². The van der Waals surface area contributed by atoms with Crippen LogP contribution in [0.2, 0.25) is 0 Å². The van der Waals surface area contributed by atoms with Crippen LogP contribution in [0.4, 0.5) is 0 Å². The van der Waals surface area contributed by atoms with Crippen LogP contribution in [-0.4, -0.2) is 49.1 Å². The zero-order valence-corrected chi connectivity index (χ0v) is 14.8. The van der Waals surface area contributed by atoms with Crippen LogP contribution in [0.1, 0.15) is 37.7 Å². The zero-order chi connectivity index (χ0) is 18.0. The summed E-state index contributed by atoms with van der Waals surface area (Å²) in [5.74, 6) is -1.37. The molecular weight excluding hydrogens is 330 g/mol. The smallest absolute Gasteiger partial charge is 0.329 e. The van der Waals surface area contributed by atoms with E-state index in [9.17, 15) is 23.1 Å². The molecule has 2 rings (SSSR count). The van der Waals surface area contributed by atoms with Gasteiger partial charge in [-0.1, -0.05) is 37.5 Å². The molecule has 132 valence electrons. The van der Waals surface area contributed by atoms with Gasteiger partial charge in [0.15, 0.2) is 9.84 Å². The molecule has 0 aromatic heterocycles. The maximum Gasteiger partial charge on any atom is 0.329 e. The van der Waals surface area contributed by atoms with E-state index in [0.717, 1.165) is 25.5 Å². The fourth-order valence-corrected chi connectivity index (χ4v) is 4.30. The molecule has 0 atom stereocenters. The van der Waals surface area contributed by atoms with Crippen molar-refractivity contribution in [2.24, 2.45) is 0 Å². The van der Waals surface area contributed by atoms with E-state index in [4.69, 9.17) is 0 Å². The molecule has 0 spiro atoms. The van der Waals surface area contributed by atoms with Gasteiger partial charge in [-0.25, -0.2) is 13.2 Å². The van der Waals surface area contributed by atoms with E-state index < -0.39 is 21.3 Å². The fraction of sp³-hybridized carbons (Fsp3) is 0.529. The average Bonchev–Trinajstić information content (AvgIpc) is 2.54. The molecule has 1 aromatic rings. The second-order valence-electron chi connectivity index (χ2n) is 6.41. The molecular formula is C17H23NO5S. The SMILES string of the molecule is CN(C(=O)Cc1ccccc1S(C)(=O)=O)C1(C(=O)O)CCCCC1. The predicted molar refractivity (Wildman–Crippen MR) is 89.5 cm³/mol. The van der Waals surface area contributed by atoms with Crippen molar-refractivity contribution >= 4 is 21.7 Å². The van der Waals surface area contributed by atoms with Crippen molar-refractivity contribution in [3.05, 3.63) is 29.8 Å². The third-order valence-electron chi connectivity index (χ3n) is 4.81. The van der Waals surface area contributed by atoms with Crippen LogP contribution in [0.25, 0.3) is 0 Å². The van der Waals surface area contributed by atoms with Crippen LogP contribution >= 0.6 is 0 Å². The Kier molecular flexibility index (Phi) is 5.32. The first kappa shape index (κ1) is 18.4. The quantitative estimate of drug-likeness (QED) is 0.872. The summed E-state index contributed by atoms with van der Waals surface area (Å²) in [6.45, 7) is 0. The number of amides is 1. The molecule has 0 aliphatic heterocycles. The number of aliphatic carboxylic acids is 1. The number of hydrogen-bond donors (Lipinski definition) is 1. The van der Waals surface area contributed by atoms with Gasteiger partial charge in [-0.15, -0.1) is 0 Å². The topological polar surface area (TPSA) is 91.8 Å². The van der Waals surface area contributed by atoms with Crippen molar-refractivity contribution < 1.29 is 23.1 Å². The van der Waals surface area contributed by atoms with Crippen LogP contribution in [0.15, 0.2) is 29.2 Å². The summed E-state index contributed by atoms with van der Waals surface area (Å²) < 4.78 is 23.7. The highest BCUT2D eigenvalue weighted by atomic mass is 32.2. The second-order valence-corrected chi connectivity index (χ2v) is 8.39. The highest BCUT2D eigenvalue weighted by Gasteiger charge is 2.45. The van der Waals surface area contributed by atoms with Crippen LogP contribution < -0.4 is 0 Å². The Morgan fingerprint density at radius 3 is 2.29 bits per heavy atom. The van der Waals surface area contributed by atoms with E-state index >= 15 is 0 Å². The number of rotatable bonds is 5. The molecule has 1 amide bonds. The van der Waals surface area contributed by atoms with E-state index in [1.165, 1.54) is 18.0 Å². The highest BCUT2D eigenvalue weighted by molar-refractivity contribution is 7.90. The molecule has 1 aromatic carbocycles. The van der Waals surface area contributed by atoms with Gasteiger partial charge in [0.25, 0.3) is 0 Å². The molecule has 0 bridgehead atoms. The summed E-state index contributed by atoms with van der Waals surface area (Å²) >= 11 is 0. The number of sulfone groups is 1. The minimum Gasteiger partial charge on any atom is -0.479 e. The third-order valence-corrected chi connectivity index (χ3v) is 6.01. The molecule has 1 N–H and O–H groups in total. The Labute approximate surface area is 142 Å². The van der Waals surface area contributed by atoms with Gasteiger partial charge in [0.05, 0.1) is 11.3 Å². The number of likely N-dealkylation sites (N-methyl/N-ethyl adjacent to an activating group) is 1. The number of carboxylic acid groups (broad SMARTS) is 1. The Hall–Kier alpha value is -1.89. The summed E-state index contributed by atoms with van der Waals surface area (Å²) in [6, 6.07) is 6.33. The highest BCUT2D eigenvalue weighted by Crippen LogP contribution is 2.34. The molecule has 7 heteroatoms. The number of carboxylic acids is 1. The van der Waals surface area contributed by atoms with Gasteiger partial charge in [-0.2, -0.15) is 0 Å². The largest absolute Gasteiger partial charge is 0.479 e. The lowest BCUT2D eigenvalue weighted by molar-refractivity contribution is -0.160. The van der Waals surface area contributed by atoms with Gasteiger partial charge < -0.3 is 10.0 Å². The molecule has 1 saturated carbocycles. The molecule has 24 heavy (non-hydrogen) atoms. The van der Waals surface area contributed by atoms with Crippen molar-refractivity contribution in [1.82, 2.24) is 4.90 Å². The first-order valence-electron chi connectivity index (χ1n) is 7.96. The number of carbonyl (C=O) groups excluding carboxylic acids is 1. The van der Waals surface area contributed by atoms with E-state index in [0.29, 0.717) is 18.4 Å². The summed E-state index contributed by atoms with van der Waals surface area (Å²) in [7, 11) is -1.94. The number of nitrogens with zero attached hydrogens (tertiary/aromatic N) is 1. The first-order valence-corrected chi connectivity index (χ1v) is 9.85. The van der Waals surface area contributed by atoms with Crippen LogP contribution in [0.5, 0.6) is 0 Å². The van der Waals surface area contributed by atoms with Crippen LogP contribution in [0, 0.1) is 0 Å². The average molecular weight is 353 g/mol.